The molecule has 9 nitrogen and oxygen atoms in total. The summed E-state index contributed by atoms with van der Waals surface area (Å²) in [6.45, 7) is 11.9. The Morgan fingerprint density at radius 3 is 1.62 bits per heavy atom. The minimum Gasteiger partial charge on any atom is -0.497 e. The molecule has 0 saturated carbocycles. The SMILES string of the molecule is COc1cc(C)c2op(Oc3c(C)cc(C)cc3-c3cc(C)cc(C)c3OP3OC(=O)c4ccccc4O3)oc3c(C)cc(OC)cc3c2c1. The molecule has 0 radical (unpaired) electrons. The molecule has 0 bridgehead atoms. The lowest BCUT2D eigenvalue weighted by Crippen LogP contribution is -2.14. The zero-order valence-corrected chi connectivity index (χ0v) is 30.8. The molecule has 11 heteroatoms. The Morgan fingerprint density at radius 2 is 1.08 bits per heavy atom. The number of methoxy groups -OCH3 is 2. The first kappa shape index (κ1) is 33.4. The molecule has 0 fully saturated rings. The van der Waals surface area contributed by atoms with Gasteiger partial charge in [-0.15, -0.1) is 0 Å². The minimum atomic E-state index is -2.08. The van der Waals surface area contributed by atoms with E-state index in [0.717, 1.165) is 55.3 Å². The van der Waals surface area contributed by atoms with E-state index in [-0.39, 0.29) is 0 Å². The second-order valence-electron chi connectivity index (χ2n) is 12.3. The highest BCUT2D eigenvalue weighted by atomic mass is 31.2. The van der Waals surface area contributed by atoms with Gasteiger partial charge in [-0.3, -0.25) is 0 Å². The molecule has 6 aromatic rings. The molecule has 50 heavy (non-hydrogen) atoms. The van der Waals surface area contributed by atoms with Crippen molar-refractivity contribution in [3.8, 4) is 39.9 Å². The van der Waals surface area contributed by atoms with E-state index in [1.54, 1.807) is 38.5 Å². The summed E-state index contributed by atoms with van der Waals surface area (Å²) in [4.78, 5) is 12.8. The third-order valence-corrected chi connectivity index (χ3v) is 10.5. The van der Waals surface area contributed by atoms with Crippen LogP contribution >= 0.6 is 16.8 Å². The minimum absolute atomic E-state index is 0.358. The van der Waals surface area contributed by atoms with Crippen LogP contribution in [0, 0.1) is 41.5 Å². The van der Waals surface area contributed by atoms with Gasteiger partial charge in [0, 0.05) is 21.9 Å². The average Bonchev–Trinajstić information content (AvgIpc) is 3.24. The first-order valence-electron chi connectivity index (χ1n) is 15.9. The van der Waals surface area contributed by atoms with Crippen LogP contribution in [0.3, 0.4) is 0 Å². The normalized spacial score (nSPS) is 13.8. The Labute approximate surface area is 292 Å². The van der Waals surface area contributed by atoms with E-state index in [1.807, 2.05) is 84.0 Å². The number of aryl methyl sites for hydroxylation is 6. The maximum absolute atomic E-state index is 12.8. The van der Waals surface area contributed by atoms with E-state index in [2.05, 4.69) is 6.07 Å². The molecule has 0 N–H and O–H groups in total. The van der Waals surface area contributed by atoms with Crippen molar-refractivity contribution in [2.24, 2.45) is 0 Å². The first-order valence-corrected chi connectivity index (χ1v) is 18.1. The van der Waals surface area contributed by atoms with Crippen LogP contribution in [-0.2, 0) is 4.52 Å². The number of carbonyl (C=O) groups is 1. The smallest absolute Gasteiger partial charge is 0.497 e. The highest BCUT2D eigenvalue weighted by Crippen LogP contribution is 2.52. The second kappa shape index (κ2) is 13.3. The maximum Gasteiger partial charge on any atom is 0.532 e. The van der Waals surface area contributed by atoms with Gasteiger partial charge in [-0.25, -0.2) is 4.79 Å². The number of hydrogen-bond donors (Lipinski definition) is 0. The standard InChI is InChI=1S/C39H36O9P2/c1-21-13-23(3)35(44-49-43-34-12-10-9-11-29(34)39(40)48-49)30(15-21)31-16-22(2)14-24(4)36(31)45-50-46-37-25(5)17-27(41-7)19-32(37)33-20-28(42-8)18-26(6)38(33)47-50/h9-20H,1-8H3. The Balaban J connectivity index is 1.40. The highest BCUT2D eigenvalue weighted by molar-refractivity contribution is 7.43. The van der Waals surface area contributed by atoms with E-state index < -0.39 is 22.8 Å². The molecule has 5 aromatic carbocycles. The Bertz CT molecular complexity index is 2290. The summed E-state index contributed by atoms with van der Waals surface area (Å²) in [7, 11) is -0.833. The van der Waals surface area contributed by atoms with Gasteiger partial charge in [0.05, 0.1) is 14.2 Å². The van der Waals surface area contributed by atoms with Crippen molar-refractivity contribution in [2.45, 2.75) is 41.5 Å². The monoisotopic (exact) mass is 710 g/mol. The topological polar surface area (TPSA) is 98.7 Å². The third kappa shape index (κ3) is 6.24. The summed E-state index contributed by atoms with van der Waals surface area (Å²) in [6.07, 6.45) is 0. The number of benzene rings is 5. The van der Waals surface area contributed by atoms with Crippen molar-refractivity contribution in [2.75, 3.05) is 14.2 Å². The fraction of sp³-hybridized carbons (Fsp3) is 0.205. The lowest BCUT2D eigenvalue weighted by molar-refractivity contribution is 0.0697. The molecule has 1 atom stereocenters. The molecule has 1 aromatic heterocycles. The molecule has 2 heterocycles. The molecular formula is C39H36O9P2. The zero-order chi connectivity index (χ0) is 35.3. The van der Waals surface area contributed by atoms with Crippen molar-refractivity contribution in [3.05, 3.63) is 112 Å². The summed E-state index contributed by atoms with van der Waals surface area (Å²) in [6, 6.07) is 22.8. The summed E-state index contributed by atoms with van der Waals surface area (Å²) < 4.78 is 49.4. The third-order valence-electron chi connectivity index (χ3n) is 8.49. The largest absolute Gasteiger partial charge is 0.532 e. The Kier molecular flexibility index (Phi) is 8.89. The van der Waals surface area contributed by atoms with Gasteiger partial charge >= 0.3 is 22.8 Å². The van der Waals surface area contributed by atoms with Crippen LogP contribution in [0.25, 0.3) is 33.1 Å². The number of fused-ring (bicyclic) bond motifs is 4. The van der Waals surface area contributed by atoms with Crippen molar-refractivity contribution in [1.29, 1.82) is 0 Å². The lowest BCUT2D eigenvalue weighted by atomic mass is 9.95. The van der Waals surface area contributed by atoms with Crippen LogP contribution in [0.2, 0.25) is 0 Å². The van der Waals surface area contributed by atoms with Gasteiger partial charge in [-0.05, 0) is 123 Å². The predicted octanol–water partition coefficient (Wildman–Crippen LogP) is 11.5. The van der Waals surface area contributed by atoms with Crippen molar-refractivity contribution >= 4 is 44.8 Å². The molecule has 256 valence electrons. The first-order chi connectivity index (χ1) is 24.0. The van der Waals surface area contributed by atoms with E-state index in [1.165, 1.54) is 0 Å². The van der Waals surface area contributed by atoms with Crippen molar-refractivity contribution < 1.29 is 40.8 Å². The molecule has 0 saturated heterocycles. The van der Waals surface area contributed by atoms with Crippen LogP contribution in [-0.4, -0.2) is 20.2 Å². The molecule has 0 spiro atoms. The van der Waals surface area contributed by atoms with Crippen LogP contribution in [0.5, 0.6) is 28.7 Å². The zero-order valence-electron chi connectivity index (χ0n) is 29.0. The molecule has 1 unspecified atom stereocenters. The number of para-hydroxylation sites is 1. The van der Waals surface area contributed by atoms with E-state index in [9.17, 15) is 4.79 Å². The average molecular weight is 711 g/mol. The fourth-order valence-corrected chi connectivity index (χ4v) is 8.58. The van der Waals surface area contributed by atoms with Gasteiger partial charge in [-0.2, -0.15) is 0 Å². The predicted molar refractivity (Wildman–Crippen MR) is 196 cm³/mol. The van der Waals surface area contributed by atoms with Crippen molar-refractivity contribution in [3.63, 3.8) is 0 Å². The lowest BCUT2D eigenvalue weighted by Gasteiger charge is -2.25. The number of rotatable bonds is 7. The van der Waals surface area contributed by atoms with Gasteiger partial charge in [0.1, 0.15) is 45.5 Å². The summed E-state index contributed by atoms with van der Waals surface area (Å²) in [5.74, 6) is 2.40. The second-order valence-corrected chi connectivity index (χ2v) is 14.3. The van der Waals surface area contributed by atoms with Gasteiger partial charge in [0.15, 0.2) is 0 Å². The van der Waals surface area contributed by atoms with E-state index in [4.69, 9.17) is 36.0 Å². The molecule has 0 amide bonds. The van der Waals surface area contributed by atoms with E-state index >= 15 is 0 Å². The summed E-state index contributed by atoms with van der Waals surface area (Å²) in [5.41, 5.74) is 8.61. The molecular weight excluding hydrogens is 674 g/mol. The summed E-state index contributed by atoms with van der Waals surface area (Å²) >= 11 is 0. The Morgan fingerprint density at radius 1 is 0.560 bits per heavy atom. The molecule has 1 aliphatic rings. The van der Waals surface area contributed by atoms with Crippen LogP contribution in [0.1, 0.15) is 43.7 Å². The maximum atomic E-state index is 12.8. The summed E-state index contributed by atoms with van der Waals surface area (Å²) in [5, 5.41) is 1.62. The van der Waals surface area contributed by atoms with Crippen LogP contribution in [0.4, 0.5) is 0 Å². The molecule has 0 aliphatic carbocycles. The molecule has 7 rings (SSSR count). The fourth-order valence-electron chi connectivity index (χ4n) is 6.23. The van der Waals surface area contributed by atoms with E-state index in [0.29, 0.717) is 45.5 Å². The van der Waals surface area contributed by atoms with Gasteiger partial charge in [-0.1, -0.05) is 24.3 Å². The number of carbonyl (C=O) groups excluding carboxylic acids is 1. The Hall–Kier alpha value is -5.10. The van der Waals surface area contributed by atoms with Gasteiger partial charge in [0.2, 0.25) is 0 Å². The van der Waals surface area contributed by atoms with Gasteiger partial charge in [0.25, 0.3) is 0 Å². The van der Waals surface area contributed by atoms with Crippen LogP contribution < -0.4 is 23.0 Å². The van der Waals surface area contributed by atoms with Crippen molar-refractivity contribution in [1.82, 2.24) is 0 Å². The highest BCUT2D eigenvalue weighted by Gasteiger charge is 2.33. The number of ether oxygens (including phenoxy) is 2. The molecule has 1 aliphatic heterocycles. The van der Waals surface area contributed by atoms with Gasteiger partial charge < -0.3 is 36.0 Å². The number of hydrogen-bond acceptors (Lipinski definition) is 9. The van der Waals surface area contributed by atoms with Crippen LogP contribution in [0.15, 0.2) is 81.2 Å². The quantitative estimate of drug-likeness (QED) is 0.150.